The number of hydrogen-bond donors (Lipinski definition) is 1. The summed E-state index contributed by atoms with van der Waals surface area (Å²) in [6, 6.07) is 10.9. The predicted octanol–water partition coefficient (Wildman–Crippen LogP) is 3.50. The van der Waals surface area contributed by atoms with Crippen molar-refractivity contribution in [3.63, 3.8) is 0 Å². The van der Waals surface area contributed by atoms with Gasteiger partial charge in [0.2, 0.25) is 0 Å². The van der Waals surface area contributed by atoms with Crippen molar-refractivity contribution < 1.29 is 0 Å². The minimum atomic E-state index is 0.491. The molecular formula is C16H25N. The fourth-order valence-corrected chi connectivity index (χ4v) is 3.43. The number of aryl methyl sites for hydroxylation is 1. The molecule has 1 saturated carbocycles. The highest BCUT2D eigenvalue weighted by Gasteiger charge is 2.66. The van der Waals surface area contributed by atoms with Crippen LogP contribution in [-0.4, -0.2) is 13.6 Å². The maximum absolute atomic E-state index is 3.34. The number of hydrogen-bond acceptors (Lipinski definition) is 1. The Morgan fingerprint density at radius 2 is 1.76 bits per heavy atom. The first-order valence-electron chi connectivity index (χ1n) is 6.71. The highest BCUT2D eigenvalue weighted by atomic mass is 14.9. The van der Waals surface area contributed by atoms with Gasteiger partial charge in [0.05, 0.1) is 0 Å². The van der Waals surface area contributed by atoms with E-state index in [0.717, 1.165) is 12.5 Å². The molecule has 94 valence electrons. The molecule has 2 atom stereocenters. The van der Waals surface area contributed by atoms with E-state index in [1.54, 1.807) is 0 Å². The van der Waals surface area contributed by atoms with Crippen LogP contribution in [0.3, 0.4) is 0 Å². The summed E-state index contributed by atoms with van der Waals surface area (Å²) in [4.78, 5) is 0. The summed E-state index contributed by atoms with van der Waals surface area (Å²) >= 11 is 0. The van der Waals surface area contributed by atoms with Crippen LogP contribution in [-0.2, 0) is 6.42 Å². The van der Waals surface area contributed by atoms with Crippen LogP contribution in [0.25, 0.3) is 0 Å². The van der Waals surface area contributed by atoms with Crippen molar-refractivity contribution in [2.24, 2.45) is 16.7 Å². The van der Waals surface area contributed by atoms with E-state index in [1.165, 1.54) is 18.4 Å². The molecule has 1 aliphatic rings. The van der Waals surface area contributed by atoms with Crippen LogP contribution in [0, 0.1) is 16.7 Å². The maximum Gasteiger partial charge on any atom is -0.00128 e. The lowest BCUT2D eigenvalue weighted by Gasteiger charge is -2.14. The van der Waals surface area contributed by atoms with E-state index in [-0.39, 0.29) is 0 Å². The zero-order valence-corrected chi connectivity index (χ0v) is 11.6. The van der Waals surface area contributed by atoms with Crippen molar-refractivity contribution in [3.05, 3.63) is 35.9 Å². The van der Waals surface area contributed by atoms with Crippen LogP contribution in [0.15, 0.2) is 30.3 Å². The van der Waals surface area contributed by atoms with Gasteiger partial charge in [-0.2, -0.15) is 0 Å². The predicted molar refractivity (Wildman–Crippen MR) is 74.1 cm³/mol. The zero-order chi connectivity index (χ0) is 12.5. The Hall–Kier alpha value is -0.820. The number of rotatable bonds is 5. The van der Waals surface area contributed by atoms with E-state index in [0.29, 0.717) is 10.8 Å². The van der Waals surface area contributed by atoms with Crippen LogP contribution in [0.5, 0.6) is 0 Å². The van der Waals surface area contributed by atoms with Crippen molar-refractivity contribution >= 4 is 0 Å². The third kappa shape index (κ3) is 2.13. The molecule has 1 aliphatic carbocycles. The molecule has 17 heavy (non-hydrogen) atoms. The first kappa shape index (κ1) is 12.6. The molecule has 1 aromatic carbocycles. The summed E-state index contributed by atoms with van der Waals surface area (Å²) in [5.74, 6) is 0.823. The molecule has 2 unspecified atom stereocenters. The quantitative estimate of drug-likeness (QED) is 0.818. The summed E-state index contributed by atoms with van der Waals surface area (Å²) in [5, 5.41) is 3.34. The van der Waals surface area contributed by atoms with Gasteiger partial charge in [0.1, 0.15) is 0 Å². The molecule has 1 aromatic rings. The van der Waals surface area contributed by atoms with E-state index in [2.05, 4.69) is 63.5 Å². The molecule has 2 rings (SSSR count). The second-order valence-corrected chi connectivity index (χ2v) is 6.24. The van der Waals surface area contributed by atoms with Gasteiger partial charge in [0.25, 0.3) is 0 Å². The Balaban J connectivity index is 1.96. The van der Waals surface area contributed by atoms with E-state index in [9.17, 15) is 0 Å². The van der Waals surface area contributed by atoms with Crippen LogP contribution in [0.4, 0.5) is 0 Å². The molecule has 1 nitrogen and oxygen atoms in total. The molecule has 0 saturated heterocycles. The molecular weight excluding hydrogens is 206 g/mol. The lowest BCUT2D eigenvalue weighted by molar-refractivity contribution is 0.387. The van der Waals surface area contributed by atoms with Gasteiger partial charge in [0, 0.05) is 0 Å². The number of nitrogens with one attached hydrogen (secondary N) is 1. The summed E-state index contributed by atoms with van der Waals surface area (Å²) in [6.07, 6.45) is 2.51. The molecule has 0 aromatic heterocycles. The SMILES string of the molecule is CNCC1C(C)(C)C1(C)CCc1ccccc1. The Morgan fingerprint density at radius 3 is 2.35 bits per heavy atom. The van der Waals surface area contributed by atoms with Crippen molar-refractivity contribution in [3.8, 4) is 0 Å². The van der Waals surface area contributed by atoms with Gasteiger partial charge in [-0.05, 0) is 48.7 Å². The summed E-state index contributed by atoms with van der Waals surface area (Å²) in [6.45, 7) is 8.44. The van der Waals surface area contributed by atoms with Crippen molar-refractivity contribution in [1.82, 2.24) is 5.32 Å². The Labute approximate surface area is 106 Å². The molecule has 1 heteroatoms. The van der Waals surface area contributed by atoms with Crippen molar-refractivity contribution in [2.45, 2.75) is 33.6 Å². The minimum Gasteiger partial charge on any atom is -0.319 e. The number of benzene rings is 1. The topological polar surface area (TPSA) is 12.0 Å². The van der Waals surface area contributed by atoms with E-state index < -0.39 is 0 Å². The Bertz CT molecular complexity index is 368. The normalized spacial score (nSPS) is 30.2. The Morgan fingerprint density at radius 1 is 1.12 bits per heavy atom. The fourth-order valence-electron chi connectivity index (χ4n) is 3.43. The largest absolute Gasteiger partial charge is 0.319 e. The molecule has 0 aliphatic heterocycles. The first-order valence-corrected chi connectivity index (χ1v) is 6.71. The molecule has 0 bridgehead atoms. The van der Waals surface area contributed by atoms with Crippen LogP contribution >= 0.6 is 0 Å². The highest BCUT2D eigenvalue weighted by molar-refractivity contribution is 5.19. The van der Waals surface area contributed by atoms with Gasteiger partial charge < -0.3 is 5.32 Å². The van der Waals surface area contributed by atoms with E-state index in [4.69, 9.17) is 0 Å². The average Bonchev–Trinajstić information content (AvgIpc) is 2.74. The lowest BCUT2D eigenvalue weighted by atomic mass is 9.91. The van der Waals surface area contributed by atoms with Crippen molar-refractivity contribution in [1.29, 1.82) is 0 Å². The molecule has 1 N–H and O–H groups in total. The summed E-state index contributed by atoms with van der Waals surface area (Å²) < 4.78 is 0. The van der Waals surface area contributed by atoms with Crippen LogP contribution in [0.2, 0.25) is 0 Å². The van der Waals surface area contributed by atoms with Gasteiger partial charge in [-0.1, -0.05) is 51.1 Å². The second kappa shape index (κ2) is 4.45. The van der Waals surface area contributed by atoms with Gasteiger partial charge in [-0.25, -0.2) is 0 Å². The molecule has 0 spiro atoms. The first-order chi connectivity index (χ1) is 8.02. The van der Waals surface area contributed by atoms with Crippen LogP contribution in [0.1, 0.15) is 32.8 Å². The van der Waals surface area contributed by atoms with Crippen molar-refractivity contribution in [2.75, 3.05) is 13.6 Å². The zero-order valence-electron chi connectivity index (χ0n) is 11.6. The molecule has 0 amide bonds. The van der Waals surface area contributed by atoms with Gasteiger partial charge in [-0.15, -0.1) is 0 Å². The van der Waals surface area contributed by atoms with Gasteiger partial charge in [-0.3, -0.25) is 0 Å². The second-order valence-electron chi connectivity index (χ2n) is 6.24. The highest BCUT2D eigenvalue weighted by Crippen LogP contribution is 2.70. The summed E-state index contributed by atoms with van der Waals surface area (Å²) in [7, 11) is 2.06. The van der Waals surface area contributed by atoms with E-state index >= 15 is 0 Å². The van der Waals surface area contributed by atoms with Gasteiger partial charge >= 0.3 is 0 Å². The maximum atomic E-state index is 3.34. The van der Waals surface area contributed by atoms with E-state index in [1.807, 2.05) is 0 Å². The fraction of sp³-hybridized carbons (Fsp3) is 0.625. The average molecular weight is 231 g/mol. The smallest absolute Gasteiger partial charge is 0.00128 e. The van der Waals surface area contributed by atoms with Crippen LogP contribution < -0.4 is 5.32 Å². The van der Waals surface area contributed by atoms with Gasteiger partial charge in [0.15, 0.2) is 0 Å². The standard InChI is InChI=1S/C16H25N/c1-15(2)14(12-17-4)16(15,3)11-10-13-8-6-5-7-9-13/h5-9,14,17H,10-12H2,1-4H3. The third-order valence-corrected chi connectivity index (χ3v) is 5.21. The lowest BCUT2D eigenvalue weighted by Crippen LogP contribution is -2.14. The Kier molecular flexibility index (Phi) is 3.31. The summed E-state index contributed by atoms with van der Waals surface area (Å²) in [5.41, 5.74) is 2.47. The molecule has 0 radical (unpaired) electrons. The third-order valence-electron chi connectivity index (χ3n) is 5.21. The molecule has 1 fully saturated rings. The minimum absolute atomic E-state index is 0.491. The molecule has 0 heterocycles. The monoisotopic (exact) mass is 231 g/mol.